The molecule has 1 heterocycles. The number of aromatic nitrogens is 1. The Kier molecular flexibility index (Phi) is 5.31. The average Bonchev–Trinajstić information content (AvgIpc) is 2.63. The fraction of sp³-hybridized carbons (Fsp3) is 0.100. The van der Waals surface area contributed by atoms with Gasteiger partial charge in [-0.05, 0) is 35.9 Å². The fourth-order valence-corrected chi connectivity index (χ4v) is 2.64. The molecule has 0 spiro atoms. The Morgan fingerprint density at radius 2 is 1.92 bits per heavy atom. The number of amides is 1. The Balaban J connectivity index is 1.81. The summed E-state index contributed by atoms with van der Waals surface area (Å²) in [5.74, 6) is 0.551. The van der Waals surface area contributed by atoms with E-state index >= 15 is 0 Å². The smallest absolute Gasteiger partial charge is 0.257 e. The average molecular weight is 353 g/mol. The van der Waals surface area contributed by atoms with E-state index in [0.29, 0.717) is 16.4 Å². The van der Waals surface area contributed by atoms with Crippen molar-refractivity contribution in [3.63, 3.8) is 0 Å². The molecule has 1 aromatic heterocycles. The van der Waals surface area contributed by atoms with E-state index in [-0.39, 0.29) is 5.91 Å². The van der Waals surface area contributed by atoms with Gasteiger partial charge in [0, 0.05) is 23.9 Å². The maximum Gasteiger partial charge on any atom is 0.257 e. The molecular formula is C20H17ClN2O2. The fourth-order valence-electron chi connectivity index (χ4n) is 2.52. The predicted molar refractivity (Wildman–Crippen MR) is 99.4 cm³/mol. The lowest BCUT2D eigenvalue weighted by atomic mass is 10.0. The van der Waals surface area contributed by atoms with Crippen LogP contribution in [0.25, 0.3) is 0 Å². The zero-order chi connectivity index (χ0) is 17.6. The second kappa shape index (κ2) is 7.81. The molecule has 3 rings (SSSR count). The predicted octanol–water partition coefficient (Wildman–Crippen LogP) is 4.59. The minimum atomic E-state index is -0.236. The molecule has 5 heteroatoms. The highest BCUT2D eigenvalue weighted by molar-refractivity contribution is 6.29. The summed E-state index contributed by atoms with van der Waals surface area (Å²) in [7, 11) is 1.64. The van der Waals surface area contributed by atoms with Crippen LogP contribution < -0.4 is 10.1 Å². The van der Waals surface area contributed by atoms with Gasteiger partial charge in [0.1, 0.15) is 10.9 Å². The van der Waals surface area contributed by atoms with Gasteiger partial charge in [-0.1, -0.05) is 41.9 Å². The Labute approximate surface area is 151 Å². The van der Waals surface area contributed by atoms with Crippen LogP contribution in [-0.4, -0.2) is 18.0 Å². The molecule has 3 aromatic rings. The van der Waals surface area contributed by atoms with Crippen LogP contribution >= 0.6 is 11.6 Å². The Morgan fingerprint density at radius 1 is 1.12 bits per heavy atom. The summed E-state index contributed by atoms with van der Waals surface area (Å²) < 4.78 is 5.44. The number of ether oxygens (including phenoxy) is 1. The van der Waals surface area contributed by atoms with Crippen molar-refractivity contribution < 1.29 is 9.53 Å². The summed E-state index contributed by atoms with van der Waals surface area (Å²) in [5, 5.41) is 3.23. The van der Waals surface area contributed by atoms with Crippen molar-refractivity contribution in [1.29, 1.82) is 0 Å². The quantitative estimate of drug-likeness (QED) is 0.683. The number of nitrogens with one attached hydrogen (secondary N) is 1. The van der Waals surface area contributed by atoms with E-state index < -0.39 is 0 Å². The molecule has 0 bridgehead atoms. The van der Waals surface area contributed by atoms with Gasteiger partial charge in [-0.3, -0.25) is 4.79 Å². The highest BCUT2D eigenvalue weighted by Gasteiger charge is 2.10. The molecule has 0 unspecified atom stereocenters. The van der Waals surface area contributed by atoms with E-state index in [2.05, 4.69) is 22.4 Å². The molecule has 0 saturated carbocycles. The van der Waals surface area contributed by atoms with Gasteiger partial charge >= 0.3 is 0 Å². The van der Waals surface area contributed by atoms with E-state index in [9.17, 15) is 4.79 Å². The van der Waals surface area contributed by atoms with Crippen molar-refractivity contribution >= 4 is 23.2 Å². The van der Waals surface area contributed by atoms with Gasteiger partial charge in [0.25, 0.3) is 5.91 Å². The number of rotatable bonds is 5. The third-order valence-corrected chi connectivity index (χ3v) is 3.99. The lowest BCUT2D eigenvalue weighted by Crippen LogP contribution is -2.12. The SMILES string of the molecule is COc1ccc(NC(=O)c2ccc(Cl)nc2)cc1Cc1ccccc1. The number of benzene rings is 2. The molecule has 0 aliphatic carbocycles. The van der Waals surface area contributed by atoms with Crippen LogP contribution in [0, 0.1) is 0 Å². The molecule has 25 heavy (non-hydrogen) atoms. The largest absolute Gasteiger partial charge is 0.496 e. The van der Waals surface area contributed by atoms with Gasteiger partial charge in [-0.25, -0.2) is 4.98 Å². The van der Waals surface area contributed by atoms with Crippen molar-refractivity contribution in [1.82, 2.24) is 4.98 Å². The number of hydrogen-bond donors (Lipinski definition) is 1. The maximum absolute atomic E-state index is 12.3. The molecule has 0 aliphatic rings. The summed E-state index contributed by atoms with van der Waals surface area (Å²) in [5.41, 5.74) is 3.32. The molecule has 1 N–H and O–H groups in total. The van der Waals surface area contributed by atoms with E-state index in [4.69, 9.17) is 16.3 Å². The van der Waals surface area contributed by atoms with E-state index in [1.807, 2.05) is 36.4 Å². The molecule has 0 aliphatic heterocycles. The second-order valence-corrected chi connectivity index (χ2v) is 5.90. The van der Waals surface area contributed by atoms with Gasteiger partial charge in [0.05, 0.1) is 12.7 Å². The number of anilines is 1. The number of pyridine rings is 1. The van der Waals surface area contributed by atoms with Gasteiger partial charge in [-0.15, -0.1) is 0 Å². The Morgan fingerprint density at radius 3 is 2.60 bits per heavy atom. The van der Waals surface area contributed by atoms with Crippen LogP contribution in [0.5, 0.6) is 5.75 Å². The van der Waals surface area contributed by atoms with E-state index in [0.717, 1.165) is 17.7 Å². The first-order valence-corrected chi connectivity index (χ1v) is 8.17. The lowest BCUT2D eigenvalue weighted by molar-refractivity contribution is 0.102. The summed E-state index contributed by atoms with van der Waals surface area (Å²) in [6.07, 6.45) is 2.17. The summed E-state index contributed by atoms with van der Waals surface area (Å²) in [6.45, 7) is 0. The molecule has 2 aromatic carbocycles. The van der Waals surface area contributed by atoms with Gasteiger partial charge in [0.2, 0.25) is 0 Å². The van der Waals surface area contributed by atoms with Crippen molar-refractivity contribution in [2.24, 2.45) is 0 Å². The number of carbonyl (C=O) groups is 1. The molecule has 0 atom stereocenters. The molecular weight excluding hydrogens is 336 g/mol. The lowest BCUT2D eigenvalue weighted by Gasteiger charge is -2.12. The number of nitrogens with zero attached hydrogens (tertiary/aromatic N) is 1. The van der Waals surface area contributed by atoms with Crippen molar-refractivity contribution in [3.05, 3.63) is 88.7 Å². The monoisotopic (exact) mass is 352 g/mol. The first-order chi connectivity index (χ1) is 12.2. The van der Waals surface area contributed by atoms with Crippen LogP contribution in [0.15, 0.2) is 66.9 Å². The van der Waals surface area contributed by atoms with Crippen LogP contribution in [0.1, 0.15) is 21.5 Å². The summed E-state index contributed by atoms with van der Waals surface area (Å²) in [6, 6.07) is 18.9. The van der Waals surface area contributed by atoms with E-state index in [1.165, 1.54) is 11.8 Å². The third-order valence-electron chi connectivity index (χ3n) is 3.77. The Hall–Kier alpha value is -2.85. The normalized spacial score (nSPS) is 10.3. The minimum absolute atomic E-state index is 0.236. The number of halogens is 1. The standard InChI is InChI=1S/C20H17ClN2O2/c1-25-18-9-8-17(12-16(18)11-14-5-3-2-4-6-14)23-20(24)15-7-10-19(21)22-13-15/h2-10,12-13H,11H2,1H3,(H,23,24). The third kappa shape index (κ3) is 4.37. The highest BCUT2D eigenvalue weighted by atomic mass is 35.5. The number of hydrogen-bond acceptors (Lipinski definition) is 3. The molecule has 0 saturated heterocycles. The van der Waals surface area contributed by atoms with Gasteiger partial charge in [0.15, 0.2) is 0 Å². The van der Waals surface area contributed by atoms with Crippen LogP contribution in [0.4, 0.5) is 5.69 Å². The minimum Gasteiger partial charge on any atom is -0.496 e. The van der Waals surface area contributed by atoms with E-state index in [1.54, 1.807) is 19.2 Å². The second-order valence-electron chi connectivity index (χ2n) is 5.51. The maximum atomic E-state index is 12.3. The molecule has 0 radical (unpaired) electrons. The molecule has 126 valence electrons. The summed E-state index contributed by atoms with van der Waals surface area (Å²) >= 11 is 5.75. The van der Waals surface area contributed by atoms with Crippen molar-refractivity contribution in [3.8, 4) is 5.75 Å². The first-order valence-electron chi connectivity index (χ1n) is 7.79. The van der Waals surface area contributed by atoms with Gasteiger partial charge in [-0.2, -0.15) is 0 Å². The van der Waals surface area contributed by atoms with Crippen molar-refractivity contribution in [2.45, 2.75) is 6.42 Å². The first kappa shape index (κ1) is 17.0. The molecule has 1 amide bonds. The van der Waals surface area contributed by atoms with Crippen LogP contribution in [0.2, 0.25) is 5.15 Å². The number of methoxy groups -OCH3 is 1. The number of carbonyl (C=O) groups excluding carboxylic acids is 1. The highest BCUT2D eigenvalue weighted by Crippen LogP contribution is 2.25. The van der Waals surface area contributed by atoms with Gasteiger partial charge < -0.3 is 10.1 Å². The zero-order valence-electron chi connectivity index (χ0n) is 13.7. The Bertz CT molecular complexity index is 865. The van der Waals surface area contributed by atoms with Crippen LogP contribution in [0.3, 0.4) is 0 Å². The molecule has 0 fully saturated rings. The van der Waals surface area contributed by atoms with Crippen molar-refractivity contribution in [2.75, 3.05) is 12.4 Å². The zero-order valence-corrected chi connectivity index (χ0v) is 14.5. The summed E-state index contributed by atoms with van der Waals surface area (Å²) in [4.78, 5) is 16.3. The molecule has 4 nitrogen and oxygen atoms in total. The topological polar surface area (TPSA) is 51.2 Å². The van der Waals surface area contributed by atoms with Crippen LogP contribution in [-0.2, 0) is 6.42 Å².